The Hall–Kier alpha value is -1.72. The van der Waals surface area contributed by atoms with Crippen molar-refractivity contribution in [3.05, 3.63) is 45.1 Å². The highest BCUT2D eigenvalue weighted by Gasteiger charge is 2.23. The second-order valence-corrected chi connectivity index (χ2v) is 6.27. The highest BCUT2D eigenvalue weighted by Crippen LogP contribution is 2.38. The van der Waals surface area contributed by atoms with Crippen LogP contribution in [0.2, 0.25) is 5.02 Å². The van der Waals surface area contributed by atoms with Crippen LogP contribution in [0.3, 0.4) is 0 Å². The van der Waals surface area contributed by atoms with Crippen molar-refractivity contribution in [3.8, 4) is 11.5 Å². The summed E-state index contributed by atoms with van der Waals surface area (Å²) in [6.07, 6.45) is 0.349. The molecular weight excluding hydrogens is 336 g/mol. The first-order chi connectivity index (χ1) is 11.1. The summed E-state index contributed by atoms with van der Waals surface area (Å²) in [7, 11) is 0. The molecule has 0 saturated heterocycles. The van der Waals surface area contributed by atoms with Crippen LogP contribution in [0.25, 0.3) is 0 Å². The SMILES string of the molecule is CCOc1cc(CC(C(=O)O)c2cccs2)cc(Cl)c1OCC. The normalized spacial score (nSPS) is 12.0. The van der Waals surface area contributed by atoms with Crippen LogP contribution in [-0.4, -0.2) is 24.3 Å². The smallest absolute Gasteiger partial charge is 0.312 e. The lowest BCUT2D eigenvalue weighted by atomic mass is 9.97. The summed E-state index contributed by atoms with van der Waals surface area (Å²) in [6.45, 7) is 4.71. The van der Waals surface area contributed by atoms with Gasteiger partial charge in [-0.05, 0) is 49.4 Å². The summed E-state index contributed by atoms with van der Waals surface area (Å²) in [4.78, 5) is 12.4. The molecule has 1 atom stereocenters. The molecule has 23 heavy (non-hydrogen) atoms. The van der Waals surface area contributed by atoms with Crippen molar-refractivity contribution in [2.45, 2.75) is 26.2 Å². The van der Waals surface area contributed by atoms with E-state index in [1.165, 1.54) is 11.3 Å². The molecule has 0 fully saturated rings. The Morgan fingerprint density at radius 3 is 2.61 bits per heavy atom. The lowest BCUT2D eigenvalue weighted by molar-refractivity contribution is -0.138. The van der Waals surface area contributed by atoms with E-state index in [0.29, 0.717) is 36.2 Å². The number of halogens is 1. The molecule has 0 spiro atoms. The molecule has 124 valence electrons. The van der Waals surface area contributed by atoms with E-state index in [1.807, 2.05) is 37.4 Å². The molecule has 0 aliphatic heterocycles. The van der Waals surface area contributed by atoms with Crippen LogP contribution >= 0.6 is 22.9 Å². The fourth-order valence-corrected chi connectivity index (χ4v) is 3.43. The molecule has 0 saturated carbocycles. The average molecular weight is 355 g/mol. The maximum absolute atomic E-state index is 11.6. The molecule has 1 aromatic heterocycles. The molecule has 0 amide bonds. The maximum Gasteiger partial charge on any atom is 0.312 e. The van der Waals surface area contributed by atoms with Gasteiger partial charge in [-0.2, -0.15) is 0 Å². The maximum atomic E-state index is 11.6. The van der Waals surface area contributed by atoms with Crippen LogP contribution in [0, 0.1) is 0 Å². The van der Waals surface area contributed by atoms with Crippen molar-refractivity contribution >= 4 is 28.9 Å². The largest absolute Gasteiger partial charge is 0.490 e. The quantitative estimate of drug-likeness (QED) is 0.752. The first-order valence-electron chi connectivity index (χ1n) is 7.41. The molecular formula is C17H19ClO4S. The molecule has 0 radical (unpaired) electrons. The van der Waals surface area contributed by atoms with Crippen LogP contribution in [0.1, 0.15) is 30.2 Å². The lowest BCUT2D eigenvalue weighted by Crippen LogP contribution is -2.13. The number of ether oxygens (including phenoxy) is 2. The number of hydrogen-bond donors (Lipinski definition) is 1. The summed E-state index contributed by atoms with van der Waals surface area (Å²) < 4.78 is 11.1. The van der Waals surface area contributed by atoms with E-state index in [9.17, 15) is 9.90 Å². The van der Waals surface area contributed by atoms with Crippen LogP contribution < -0.4 is 9.47 Å². The standard InChI is InChI=1S/C17H19ClO4S/c1-3-21-14-10-11(9-13(18)16(14)22-4-2)8-12(17(19)20)15-6-5-7-23-15/h5-7,9-10,12H,3-4,8H2,1-2H3,(H,19,20). The van der Waals surface area contributed by atoms with Crippen LogP contribution in [0.15, 0.2) is 29.6 Å². The van der Waals surface area contributed by atoms with Crippen molar-refractivity contribution in [3.63, 3.8) is 0 Å². The minimum absolute atomic E-state index is 0.349. The number of carbonyl (C=O) groups is 1. The molecule has 1 heterocycles. The molecule has 6 heteroatoms. The van der Waals surface area contributed by atoms with Crippen LogP contribution in [0.4, 0.5) is 0 Å². The van der Waals surface area contributed by atoms with Gasteiger partial charge in [-0.3, -0.25) is 4.79 Å². The highest BCUT2D eigenvalue weighted by molar-refractivity contribution is 7.10. The Labute approximate surface area is 144 Å². The van der Waals surface area contributed by atoms with Gasteiger partial charge in [0.2, 0.25) is 0 Å². The Bertz CT molecular complexity index is 655. The second kappa shape index (κ2) is 8.22. The Morgan fingerprint density at radius 2 is 2.04 bits per heavy atom. The average Bonchev–Trinajstić information content (AvgIpc) is 3.02. The molecule has 2 rings (SSSR count). The summed E-state index contributed by atoms with van der Waals surface area (Å²) in [5.74, 6) is -0.399. The van der Waals surface area contributed by atoms with Gasteiger partial charge in [-0.25, -0.2) is 0 Å². The number of rotatable bonds is 8. The fraction of sp³-hybridized carbons (Fsp3) is 0.353. The first kappa shape index (κ1) is 17.6. The van der Waals surface area contributed by atoms with Crippen LogP contribution in [0.5, 0.6) is 11.5 Å². The predicted molar refractivity (Wildman–Crippen MR) is 92.2 cm³/mol. The van der Waals surface area contributed by atoms with E-state index in [2.05, 4.69) is 0 Å². The molecule has 1 N–H and O–H groups in total. The van der Waals surface area contributed by atoms with Crippen molar-refractivity contribution in [1.29, 1.82) is 0 Å². The number of aliphatic carboxylic acids is 1. The summed E-state index contributed by atoms with van der Waals surface area (Å²) >= 11 is 7.73. The minimum atomic E-state index is -0.851. The first-order valence-corrected chi connectivity index (χ1v) is 8.66. The third kappa shape index (κ3) is 4.39. The lowest BCUT2D eigenvalue weighted by Gasteiger charge is -2.16. The van der Waals surface area contributed by atoms with Crippen LogP contribution in [-0.2, 0) is 11.2 Å². The molecule has 2 aromatic rings. The molecule has 4 nitrogen and oxygen atoms in total. The van der Waals surface area contributed by atoms with Crippen molar-refractivity contribution in [2.24, 2.45) is 0 Å². The zero-order valence-corrected chi connectivity index (χ0v) is 14.6. The molecule has 0 bridgehead atoms. The zero-order chi connectivity index (χ0) is 16.8. The number of hydrogen-bond acceptors (Lipinski definition) is 4. The predicted octanol–water partition coefficient (Wildman–Crippen LogP) is 4.61. The minimum Gasteiger partial charge on any atom is -0.490 e. The van der Waals surface area contributed by atoms with E-state index >= 15 is 0 Å². The van der Waals surface area contributed by atoms with Gasteiger partial charge >= 0.3 is 5.97 Å². The van der Waals surface area contributed by atoms with E-state index in [1.54, 1.807) is 6.07 Å². The van der Waals surface area contributed by atoms with Gasteiger partial charge in [0.05, 0.1) is 24.2 Å². The Morgan fingerprint density at radius 1 is 1.30 bits per heavy atom. The van der Waals surface area contributed by atoms with Crippen molar-refractivity contribution < 1.29 is 19.4 Å². The van der Waals surface area contributed by atoms with Gasteiger partial charge in [-0.15, -0.1) is 11.3 Å². The number of carboxylic acid groups (broad SMARTS) is 1. The van der Waals surface area contributed by atoms with E-state index in [4.69, 9.17) is 21.1 Å². The summed E-state index contributed by atoms with van der Waals surface area (Å²) in [5.41, 5.74) is 0.808. The van der Waals surface area contributed by atoms with Gasteiger partial charge in [0.25, 0.3) is 0 Å². The van der Waals surface area contributed by atoms with E-state index in [0.717, 1.165) is 10.4 Å². The molecule has 1 unspecified atom stereocenters. The van der Waals surface area contributed by atoms with Gasteiger partial charge in [0, 0.05) is 4.88 Å². The highest BCUT2D eigenvalue weighted by atomic mass is 35.5. The number of thiophene rings is 1. The zero-order valence-electron chi connectivity index (χ0n) is 13.0. The topological polar surface area (TPSA) is 55.8 Å². The fourth-order valence-electron chi connectivity index (χ4n) is 2.32. The Kier molecular flexibility index (Phi) is 6.30. The molecule has 0 aliphatic rings. The van der Waals surface area contributed by atoms with Gasteiger partial charge in [-0.1, -0.05) is 17.7 Å². The third-order valence-corrected chi connectivity index (χ3v) is 4.55. The number of benzene rings is 1. The van der Waals surface area contributed by atoms with E-state index in [-0.39, 0.29) is 0 Å². The summed E-state index contributed by atoms with van der Waals surface area (Å²) in [6, 6.07) is 7.25. The molecule has 1 aromatic carbocycles. The molecule has 0 aliphatic carbocycles. The monoisotopic (exact) mass is 354 g/mol. The Balaban J connectivity index is 2.33. The second-order valence-electron chi connectivity index (χ2n) is 4.88. The summed E-state index contributed by atoms with van der Waals surface area (Å²) in [5, 5.41) is 11.8. The van der Waals surface area contributed by atoms with Gasteiger partial charge in [0.15, 0.2) is 11.5 Å². The number of carboxylic acids is 1. The van der Waals surface area contributed by atoms with Gasteiger partial charge in [0.1, 0.15) is 0 Å². The third-order valence-electron chi connectivity index (χ3n) is 3.28. The van der Waals surface area contributed by atoms with Crippen molar-refractivity contribution in [1.82, 2.24) is 0 Å². The van der Waals surface area contributed by atoms with Crippen molar-refractivity contribution in [2.75, 3.05) is 13.2 Å². The van der Waals surface area contributed by atoms with Gasteiger partial charge < -0.3 is 14.6 Å². The van der Waals surface area contributed by atoms with E-state index < -0.39 is 11.9 Å².